The number of aryl methyl sites for hydroxylation is 1. The molecule has 0 radical (unpaired) electrons. The predicted molar refractivity (Wildman–Crippen MR) is 125 cm³/mol. The van der Waals surface area contributed by atoms with Crippen LogP contribution < -0.4 is 10.2 Å². The molecule has 4 heterocycles. The summed E-state index contributed by atoms with van der Waals surface area (Å²) < 4.78 is 1.89. The lowest BCUT2D eigenvalue weighted by Crippen LogP contribution is -2.29. The lowest BCUT2D eigenvalue weighted by atomic mass is 10.1. The molecule has 164 valence electrons. The van der Waals surface area contributed by atoms with Crippen LogP contribution in [0, 0.1) is 24.2 Å². The predicted octanol–water partition coefficient (Wildman–Crippen LogP) is 3.81. The lowest BCUT2D eigenvalue weighted by Gasteiger charge is -2.24. The molecule has 0 aliphatic carbocycles. The topological polar surface area (TPSA) is 113 Å². The van der Waals surface area contributed by atoms with Gasteiger partial charge in [0.25, 0.3) is 0 Å². The molecule has 1 aromatic carbocycles. The largest absolute Gasteiger partial charge is 0.352 e. The van der Waals surface area contributed by atoms with Gasteiger partial charge in [-0.15, -0.1) is 5.10 Å². The maximum Gasteiger partial charge on any atom is 0.153 e. The van der Waals surface area contributed by atoms with Gasteiger partial charge in [-0.3, -0.25) is 9.36 Å². The summed E-state index contributed by atoms with van der Waals surface area (Å²) in [7, 11) is 0. The van der Waals surface area contributed by atoms with Crippen LogP contribution in [0.1, 0.15) is 29.4 Å². The summed E-state index contributed by atoms with van der Waals surface area (Å²) in [6.45, 7) is 4.51. The molecular weight excluding hydrogens is 416 g/mol. The smallest absolute Gasteiger partial charge is 0.153 e. The number of imidazole rings is 1. The number of benzene rings is 1. The molecule has 9 heteroatoms. The maximum atomic E-state index is 11.7. The summed E-state index contributed by atoms with van der Waals surface area (Å²) in [5.74, 6) is 1.86. The molecule has 3 aromatic heterocycles. The number of nitrogens with one attached hydrogen (secondary N) is 1. The van der Waals surface area contributed by atoms with Gasteiger partial charge >= 0.3 is 0 Å². The first-order chi connectivity index (χ1) is 16.1. The average Bonchev–Trinajstić information content (AvgIpc) is 3.43. The molecule has 5 rings (SSSR count). The van der Waals surface area contributed by atoms with Gasteiger partial charge in [-0.2, -0.15) is 10.4 Å². The molecule has 4 aromatic rings. The zero-order chi connectivity index (χ0) is 22.9. The van der Waals surface area contributed by atoms with Crippen molar-refractivity contribution in [1.82, 2.24) is 24.7 Å². The van der Waals surface area contributed by atoms with Crippen molar-refractivity contribution >= 4 is 34.6 Å². The van der Waals surface area contributed by atoms with Crippen LogP contribution in [0.25, 0.3) is 16.9 Å². The van der Waals surface area contributed by atoms with Gasteiger partial charge in [-0.25, -0.2) is 9.97 Å². The maximum absolute atomic E-state index is 11.7. The van der Waals surface area contributed by atoms with E-state index in [1.165, 1.54) is 0 Å². The minimum atomic E-state index is -0.0665. The summed E-state index contributed by atoms with van der Waals surface area (Å²) in [6.07, 6.45) is 3.30. The Labute approximate surface area is 190 Å². The molecule has 9 nitrogen and oxygen atoms in total. The van der Waals surface area contributed by atoms with E-state index in [4.69, 9.17) is 4.98 Å². The van der Waals surface area contributed by atoms with E-state index in [2.05, 4.69) is 33.5 Å². The van der Waals surface area contributed by atoms with Gasteiger partial charge in [-0.1, -0.05) is 0 Å². The average molecular weight is 438 g/mol. The highest BCUT2D eigenvalue weighted by Crippen LogP contribution is 2.31. The highest BCUT2D eigenvalue weighted by molar-refractivity contribution is 5.85. The van der Waals surface area contributed by atoms with E-state index in [0.717, 1.165) is 35.1 Å². The molecule has 1 aliphatic heterocycles. The second kappa shape index (κ2) is 8.31. The van der Waals surface area contributed by atoms with Crippen molar-refractivity contribution in [2.24, 2.45) is 5.92 Å². The molecule has 1 aliphatic rings. The number of nitriles is 1. The number of carbonyl (C=O) groups excluding carboxylic acids is 1. The zero-order valence-electron chi connectivity index (χ0n) is 18.3. The molecular formula is C24H22N8O. The van der Waals surface area contributed by atoms with Crippen molar-refractivity contribution in [3.05, 3.63) is 60.0 Å². The van der Waals surface area contributed by atoms with Gasteiger partial charge in [0.15, 0.2) is 12.1 Å². The van der Waals surface area contributed by atoms with Crippen molar-refractivity contribution in [2.45, 2.75) is 26.3 Å². The number of anilines is 3. The number of pyridine rings is 1. The third-order valence-corrected chi connectivity index (χ3v) is 5.91. The summed E-state index contributed by atoms with van der Waals surface area (Å²) in [5.41, 5.74) is 3.90. The summed E-state index contributed by atoms with van der Waals surface area (Å²) >= 11 is 0. The van der Waals surface area contributed by atoms with Gasteiger partial charge < -0.3 is 10.2 Å². The van der Waals surface area contributed by atoms with Crippen LogP contribution in [0.3, 0.4) is 0 Å². The number of hydrogen-bond donors (Lipinski definition) is 1. The van der Waals surface area contributed by atoms with Crippen molar-refractivity contribution in [2.75, 3.05) is 16.8 Å². The highest BCUT2D eigenvalue weighted by atomic mass is 16.1. The number of rotatable bonds is 5. The normalized spacial score (nSPS) is 17.8. The molecule has 2 atom stereocenters. The minimum absolute atomic E-state index is 0.0665. The summed E-state index contributed by atoms with van der Waals surface area (Å²) in [5, 5.41) is 20.8. The second-order valence-corrected chi connectivity index (χ2v) is 8.27. The Balaban J connectivity index is 1.48. The summed E-state index contributed by atoms with van der Waals surface area (Å²) in [6, 6.07) is 15.7. The molecule has 1 fully saturated rings. The number of carbonyl (C=O) groups is 1. The Kier molecular flexibility index (Phi) is 5.18. The van der Waals surface area contributed by atoms with Crippen LogP contribution in [-0.4, -0.2) is 43.6 Å². The molecule has 1 saturated heterocycles. The van der Waals surface area contributed by atoms with Crippen molar-refractivity contribution < 1.29 is 4.79 Å². The van der Waals surface area contributed by atoms with E-state index in [0.29, 0.717) is 29.6 Å². The molecule has 0 saturated carbocycles. The van der Waals surface area contributed by atoms with Crippen molar-refractivity contribution in [3.8, 4) is 11.9 Å². The van der Waals surface area contributed by atoms with E-state index in [-0.39, 0.29) is 12.0 Å². The number of nitrogens with zero attached hydrogens (tertiary/aromatic N) is 7. The number of fused-ring (bicyclic) bond motifs is 1. The van der Waals surface area contributed by atoms with E-state index >= 15 is 0 Å². The van der Waals surface area contributed by atoms with Gasteiger partial charge in [0.1, 0.15) is 18.0 Å². The number of aldehydes is 1. The Morgan fingerprint density at radius 3 is 2.79 bits per heavy atom. The first-order valence-corrected chi connectivity index (χ1v) is 10.7. The Bertz CT molecular complexity index is 1370. The van der Waals surface area contributed by atoms with Crippen LogP contribution in [0.5, 0.6) is 0 Å². The monoisotopic (exact) mass is 438 g/mol. The van der Waals surface area contributed by atoms with Crippen LogP contribution >= 0.6 is 0 Å². The molecule has 0 bridgehead atoms. The molecule has 2 unspecified atom stereocenters. The van der Waals surface area contributed by atoms with E-state index in [1.54, 1.807) is 12.4 Å². The van der Waals surface area contributed by atoms with E-state index in [9.17, 15) is 10.1 Å². The zero-order valence-corrected chi connectivity index (χ0v) is 18.3. The number of hydrogen-bond acceptors (Lipinski definition) is 8. The highest BCUT2D eigenvalue weighted by Gasteiger charge is 2.31. The first-order valence-electron chi connectivity index (χ1n) is 10.7. The first kappa shape index (κ1) is 20.6. The van der Waals surface area contributed by atoms with Gasteiger partial charge in [-0.05, 0) is 62.7 Å². The Hall–Kier alpha value is -4.32. The van der Waals surface area contributed by atoms with Crippen LogP contribution in [0.15, 0.2) is 48.8 Å². The minimum Gasteiger partial charge on any atom is -0.352 e. The van der Waals surface area contributed by atoms with Crippen molar-refractivity contribution in [1.29, 1.82) is 5.26 Å². The Morgan fingerprint density at radius 2 is 2.06 bits per heavy atom. The van der Waals surface area contributed by atoms with Crippen LogP contribution in [-0.2, 0) is 0 Å². The standard InChI is InChI=1S/C24H22N8O/c1-15-3-7-22(30-29-15)27-19-5-6-21-20(10-19)26-14-32(21)23-8-4-18(13-33)24(28-23)31-12-17(11-25)9-16(31)2/h3-8,10,13-14,16-17H,9,12H2,1-2H3,(H,27,30). The second-order valence-electron chi connectivity index (χ2n) is 8.27. The summed E-state index contributed by atoms with van der Waals surface area (Å²) in [4.78, 5) is 23.1. The SMILES string of the molecule is Cc1ccc(Nc2ccc3c(c2)ncn3-c2ccc(C=O)c(N3CC(C#N)CC3C)n2)nn1. The van der Waals surface area contributed by atoms with Gasteiger partial charge in [0.2, 0.25) is 0 Å². The van der Waals surface area contributed by atoms with Crippen LogP contribution in [0.2, 0.25) is 0 Å². The van der Waals surface area contributed by atoms with Gasteiger partial charge in [0, 0.05) is 18.3 Å². The van der Waals surface area contributed by atoms with E-state index in [1.807, 2.05) is 52.8 Å². The lowest BCUT2D eigenvalue weighted by molar-refractivity contribution is 0.112. The fourth-order valence-electron chi connectivity index (χ4n) is 4.21. The fourth-order valence-corrected chi connectivity index (χ4v) is 4.21. The quantitative estimate of drug-likeness (QED) is 0.468. The molecule has 1 N–H and O–H groups in total. The van der Waals surface area contributed by atoms with Crippen molar-refractivity contribution in [3.63, 3.8) is 0 Å². The molecule has 0 spiro atoms. The van der Waals surface area contributed by atoms with Crippen LogP contribution in [0.4, 0.5) is 17.3 Å². The number of aromatic nitrogens is 5. The fraction of sp³-hybridized carbons (Fsp3) is 0.250. The third-order valence-electron chi connectivity index (χ3n) is 5.91. The van der Waals surface area contributed by atoms with Gasteiger partial charge in [0.05, 0.1) is 34.3 Å². The van der Waals surface area contributed by atoms with E-state index < -0.39 is 0 Å². The molecule has 0 amide bonds. The molecule has 33 heavy (non-hydrogen) atoms. The Morgan fingerprint density at radius 1 is 1.18 bits per heavy atom. The third kappa shape index (κ3) is 3.87.